The van der Waals surface area contributed by atoms with Gasteiger partial charge in [-0.3, -0.25) is 4.79 Å². The zero-order chi connectivity index (χ0) is 9.26. The molecule has 0 aromatic heterocycles. The highest BCUT2D eigenvalue weighted by molar-refractivity contribution is 5.66. The van der Waals surface area contributed by atoms with Gasteiger partial charge in [-0.05, 0) is 18.2 Å². The Bertz CT molecular complexity index is 338. The number of anilines is 1. The highest BCUT2D eigenvalue weighted by atomic mass is 16.5. The first-order chi connectivity index (χ1) is 6.29. The Morgan fingerprint density at radius 1 is 1.62 bits per heavy atom. The molecule has 0 aliphatic carbocycles. The molecule has 2 rings (SSSR count). The van der Waals surface area contributed by atoms with Gasteiger partial charge in [0.15, 0.2) is 12.5 Å². The third kappa shape index (κ3) is 1.48. The summed E-state index contributed by atoms with van der Waals surface area (Å²) >= 11 is 0. The molecule has 2 N–H and O–H groups in total. The number of nitrogens with one attached hydrogen (secondary N) is 1. The fourth-order valence-electron chi connectivity index (χ4n) is 1.29. The maximum absolute atomic E-state index is 10.4. The average Bonchev–Trinajstić information content (AvgIpc) is 2.17. The number of phenols is 1. The molecular weight excluding hydrogens is 170 g/mol. The number of carbonyl (C=O) groups excluding carboxylic acids is 1. The molecule has 0 fully saturated rings. The molecule has 1 aliphatic heterocycles. The zero-order valence-corrected chi connectivity index (χ0v) is 6.86. The number of rotatable bonds is 1. The maximum Gasteiger partial charge on any atom is 0.184 e. The van der Waals surface area contributed by atoms with E-state index in [4.69, 9.17) is 9.84 Å². The van der Waals surface area contributed by atoms with E-state index in [-0.39, 0.29) is 5.75 Å². The largest absolute Gasteiger partial charge is 0.508 e. The smallest absolute Gasteiger partial charge is 0.184 e. The van der Waals surface area contributed by atoms with Crippen LogP contribution in [-0.2, 0) is 16.1 Å². The minimum absolute atomic E-state index is 0.203. The van der Waals surface area contributed by atoms with Crippen LogP contribution in [0.15, 0.2) is 18.2 Å². The molecule has 1 aromatic rings. The Balaban J connectivity index is 2.31. The predicted molar refractivity (Wildman–Crippen MR) is 46.4 cm³/mol. The zero-order valence-electron chi connectivity index (χ0n) is 6.86. The lowest BCUT2D eigenvalue weighted by molar-refractivity contribution is -0.117. The highest BCUT2D eigenvalue weighted by Gasteiger charge is 2.16. The SMILES string of the molecule is O=CC1Nc2ccc(O)cc2CO1. The van der Waals surface area contributed by atoms with Crippen molar-refractivity contribution >= 4 is 12.0 Å². The van der Waals surface area contributed by atoms with E-state index >= 15 is 0 Å². The lowest BCUT2D eigenvalue weighted by atomic mass is 10.1. The number of hydrogen-bond acceptors (Lipinski definition) is 4. The summed E-state index contributed by atoms with van der Waals surface area (Å²) < 4.78 is 5.12. The average molecular weight is 179 g/mol. The summed E-state index contributed by atoms with van der Waals surface area (Å²) in [4.78, 5) is 10.4. The van der Waals surface area contributed by atoms with Gasteiger partial charge in [-0.15, -0.1) is 0 Å². The van der Waals surface area contributed by atoms with Gasteiger partial charge < -0.3 is 15.2 Å². The third-order valence-electron chi connectivity index (χ3n) is 1.93. The summed E-state index contributed by atoms with van der Waals surface area (Å²) in [6, 6.07) is 4.91. The molecule has 1 aromatic carbocycles. The molecule has 0 bridgehead atoms. The van der Waals surface area contributed by atoms with Crippen LogP contribution in [0.25, 0.3) is 0 Å². The molecule has 4 nitrogen and oxygen atoms in total. The van der Waals surface area contributed by atoms with E-state index in [0.29, 0.717) is 12.9 Å². The van der Waals surface area contributed by atoms with Crippen LogP contribution in [0.2, 0.25) is 0 Å². The predicted octanol–water partition coefficient (Wildman–Crippen LogP) is 0.859. The van der Waals surface area contributed by atoms with Crippen molar-refractivity contribution in [1.29, 1.82) is 0 Å². The van der Waals surface area contributed by atoms with Crippen LogP contribution < -0.4 is 5.32 Å². The molecule has 0 radical (unpaired) electrons. The van der Waals surface area contributed by atoms with Gasteiger partial charge in [-0.1, -0.05) is 0 Å². The van der Waals surface area contributed by atoms with Gasteiger partial charge in [-0.25, -0.2) is 0 Å². The Hall–Kier alpha value is -1.55. The fraction of sp³-hybridized carbons (Fsp3) is 0.222. The molecule has 1 atom stereocenters. The Morgan fingerprint density at radius 3 is 3.23 bits per heavy atom. The number of hydrogen-bond donors (Lipinski definition) is 2. The van der Waals surface area contributed by atoms with Gasteiger partial charge >= 0.3 is 0 Å². The van der Waals surface area contributed by atoms with E-state index in [1.807, 2.05) is 0 Å². The van der Waals surface area contributed by atoms with Crippen LogP contribution in [0.4, 0.5) is 5.69 Å². The number of fused-ring (bicyclic) bond motifs is 1. The normalized spacial score (nSPS) is 20.2. The van der Waals surface area contributed by atoms with Gasteiger partial charge in [-0.2, -0.15) is 0 Å². The van der Waals surface area contributed by atoms with Crippen molar-refractivity contribution < 1.29 is 14.6 Å². The van der Waals surface area contributed by atoms with Crippen LogP contribution in [0, 0.1) is 0 Å². The Labute approximate surface area is 75.1 Å². The van der Waals surface area contributed by atoms with Crippen LogP contribution in [0.1, 0.15) is 5.56 Å². The van der Waals surface area contributed by atoms with Crippen molar-refractivity contribution in [3.05, 3.63) is 23.8 Å². The van der Waals surface area contributed by atoms with Gasteiger partial charge in [0.1, 0.15) is 5.75 Å². The van der Waals surface area contributed by atoms with E-state index in [2.05, 4.69) is 5.32 Å². The van der Waals surface area contributed by atoms with Crippen molar-refractivity contribution in [2.24, 2.45) is 0 Å². The minimum Gasteiger partial charge on any atom is -0.508 e. The molecule has 4 heteroatoms. The van der Waals surface area contributed by atoms with Crippen molar-refractivity contribution in [3.8, 4) is 5.75 Å². The first-order valence-corrected chi connectivity index (χ1v) is 3.95. The first kappa shape index (κ1) is 8.07. The topological polar surface area (TPSA) is 58.6 Å². The molecule has 1 unspecified atom stereocenters. The minimum atomic E-state index is -0.572. The first-order valence-electron chi connectivity index (χ1n) is 3.95. The second-order valence-electron chi connectivity index (χ2n) is 2.85. The van der Waals surface area contributed by atoms with Gasteiger partial charge in [0, 0.05) is 11.3 Å². The number of aldehydes is 1. The van der Waals surface area contributed by atoms with Crippen LogP contribution in [0.3, 0.4) is 0 Å². The quantitative estimate of drug-likeness (QED) is 0.496. The lowest BCUT2D eigenvalue weighted by Crippen LogP contribution is -2.29. The van der Waals surface area contributed by atoms with Crippen LogP contribution in [-0.4, -0.2) is 17.6 Å². The number of ether oxygens (including phenoxy) is 1. The van der Waals surface area contributed by atoms with E-state index in [9.17, 15) is 4.79 Å². The number of phenolic OH excluding ortho intramolecular Hbond substituents is 1. The van der Waals surface area contributed by atoms with Crippen molar-refractivity contribution in [3.63, 3.8) is 0 Å². The molecule has 0 spiro atoms. The summed E-state index contributed by atoms with van der Waals surface area (Å²) in [5, 5.41) is 12.0. The fourth-order valence-corrected chi connectivity index (χ4v) is 1.29. The van der Waals surface area contributed by atoms with E-state index in [1.165, 1.54) is 0 Å². The summed E-state index contributed by atoms with van der Waals surface area (Å²) in [5.74, 6) is 0.203. The number of aromatic hydroxyl groups is 1. The molecule has 13 heavy (non-hydrogen) atoms. The van der Waals surface area contributed by atoms with Crippen LogP contribution in [0.5, 0.6) is 5.75 Å². The molecule has 68 valence electrons. The van der Waals surface area contributed by atoms with Crippen molar-refractivity contribution in [2.75, 3.05) is 5.32 Å². The van der Waals surface area contributed by atoms with Crippen LogP contribution >= 0.6 is 0 Å². The van der Waals surface area contributed by atoms with Gasteiger partial charge in [0.2, 0.25) is 0 Å². The van der Waals surface area contributed by atoms with Crippen molar-refractivity contribution in [1.82, 2.24) is 0 Å². The monoisotopic (exact) mass is 179 g/mol. The number of benzene rings is 1. The van der Waals surface area contributed by atoms with E-state index in [0.717, 1.165) is 11.3 Å². The summed E-state index contributed by atoms with van der Waals surface area (Å²) in [7, 11) is 0. The maximum atomic E-state index is 10.4. The molecule has 0 amide bonds. The Kier molecular flexibility index (Phi) is 1.90. The Morgan fingerprint density at radius 2 is 2.46 bits per heavy atom. The molecule has 0 saturated carbocycles. The van der Waals surface area contributed by atoms with E-state index in [1.54, 1.807) is 18.2 Å². The van der Waals surface area contributed by atoms with Crippen molar-refractivity contribution in [2.45, 2.75) is 12.8 Å². The second-order valence-corrected chi connectivity index (χ2v) is 2.85. The molecule has 0 saturated heterocycles. The summed E-state index contributed by atoms with van der Waals surface area (Å²) in [6.07, 6.45) is 0.132. The summed E-state index contributed by atoms with van der Waals surface area (Å²) in [5.41, 5.74) is 1.69. The second kappa shape index (κ2) is 3.06. The standard InChI is InChI=1S/C9H9NO3/c11-4-9-10-8-2-1-7(12)3-6(8)5-13-9/h1-4,9-10,12H,5H2. The summed E-state index contributed by atoms with van der Waals surface area (Å²) in [6.45, 7) is 0.347. The lowest BCUT2D eigenvalue weighted by Gasteiger charge is -2.23. The van der Waals surface area contributed by atoms with E-state index < -0.39 is 6.23 Å². The molecular formula is C9H9NO3. The molecule has 1 aliphatic rings. The highest BCUT2D eigenvalue weighted by Crippen LogP contribution is 2.25. The third-order valence-corrected chi connectivity index (χ3v) is 1.93. The molecule has 1 heterocycles. The van der Waals surface area contributed by atoms with Gasteiger partial charge in [0.25, 0.3) is 0 Å². The number of carbonyl (C=O) groups is 1. The van der Waals surface area contributed by atoms with Gasteiger partial charge in [0.05, 0.1) is 6.61 Å².